The normalized spacial score (nSPS) is 14.4. The van der Waals surface area contributed by atoms with Crippen LogP contribution < -0.4 is 9.47 Å². The quantitative estimate of drug-likeness (QED) is 0.181. The topological polar surface area (TPSA) is 95.3 Å². The number of carbonyl (C=O) groups excluding carboxylic acids is 3. The van der Waals surface area contributed by atoms with Crippen molar-refractivity contribution >= 4 is 57.5 Å². The Hall–Kier alpha value is -3.32. The molecule has 36 heavy (non-hydrogen) atoms. The van der Waals surface area contributed by atoms with Crippen LogP contribution >= 0.6 is 34.4 Å². The molecule has 11 heteroatoms. The van der Waals surface area contributed by atoms with Crippen molar-refractivity contribution in [2.45, 2.75) is 13.2 Å². The number of hydrogen-bond acceptors (Lipinski definition) is 8. The summed E-state index contributed by atoms with van der Waals surface area (Å²) in [6.07, 6.45) is 1.58. The molecule has 186 valence electrons. The molecule has 0 N–H and O–H groups in total. The van der Waals surface area contributed by atoms with Gasteiger partial charge in [0.15, 0.2) is 11.5 Å². The van der Waals surface area contributed by atoms with Gasteiger partial charge in [-0.05, 0) is 76.3 Å². The number of rotatable bonds is 8. The summed E-state index contributed by atoms with van der Waals surface area (Å²) in [7, 11) is 2.70. The lowest BCUT2D eigenvalue weighted by atomic mass is 10.1. The molecule has 4 rings (SSSR count). The van der Waals surface area contributed by atoms with Crippen LogP contribution in [-0.2, 0) is 22.7 Å². The minimum Gasteiger partial charge on any atom is -0.493 e. The third kappa shape index (κ3) is 5.57. The Kier molecular flexibility index (Phi) is 7.99. The Labute approximate surface area is 223 Å². The minimum atomic E-state index is -0.653. The molecule has 8 nitrogen and oxygen atoms in total. The number of imide groups is 1. The van der Waals surface area contributed by atoms with Crippen LogP contribution in [0.15, 0.2) is 57.9 Å². The van der Waals surface area contributed by atoms with E-state index in [0.717, 1.165) is 16.7 Å². The fraction of sp³-hybridized carbons (Fsp3) is 0.160. The molecule has 0 saturated carbocycles. The maximum atomic E-state index is 13.9. The highest BCUT2D eigenvalue weighted by molar-refractivity contribution is 14.1. The van der Waals surface area contributed by atoms with E-state index in [1.165, 1.54) is 32.4 Å². The van der Waals surface area contributed by atoms with E-state index in [1.54, 1.807) is 36.4 Å². The summed E-state index contributed by atoms with van der Waals surface area (Å²) in [5.74, 6) is -0.425. The maximum absolute atomic E-state index is 13.9. The predicted octanol–water partition coefficient (Wildman–Crippen LogP) is 5.63. The van der Waals surface area contributed by atoms with Gasteiger partial charge in [-0.1, -0.05) is 18.2 Å². The second-order valence-electron chi connectivity index (χ2n) is 7.44. The molecule has 1 fully saturated rings. The molecule has 0 aliphatic carbocycles. The van der Waals surface area contributed by atoms with Crippen molar-refractivity contribution in [1.82, 2.24) is 4.90 Å². The van der Waals surface area contributed by atoms with Crippen molar-refractivity contribution in [3.8, 4) is 11.5 Å². The molecule has 3 aromatic rings. The smallest absolute Gasteiger partial charge is 0.373 e. The first-order valence-corrected chi connectivity index (χ1v) is 12.4. The summed E-state index contributed by atoms with van der Waals surface area (Å²) in [5.41, 5.74) is 1.02. The van der Waals surface area contributed by atoms with E-state index in [4.69, 9.17) is 13.9 Å². The Bertz CT molecular complexity index is 1370. The molecule has 0 atom stereocenters. The molecule has 0 bridgehead atoms. The van der Waals surface area contributed by atoms with Gasteiger partial charge in [-0.2, -0.15) is 0 Å². The van der Waals surface area contributed by atoms with Crippen LogP contribution in [0.5, 0.6) is 11.5 Å². The highest BCUT2D eigenvalue weighted by Gasteiger charge is 2.36. The zero-order chi connectivity index (χ0) is 25.8. The lowest BCUT2D eigenvalue weighted by molar-refractivity contribution is -0.123. The average molecular weight is 623 g/mol. The van der Waals surface area contributed by atoms with Crippen LogP contribution in [0.3, 0.4) is 0 Å². The molecule has 0 unspecified atom stereocenters. The summed E-state index contributed by atoms with van der Waals surface area (Å²) in [6, 6.07) is 12.7. The fourth-order valence-corrected chi connectivity index (χ4v) is 4.96. The molecule has 2 aromatic carbocycles. The van der Waals surface area contributed by atoms with E-state index >= 15 is 0 Å². The lowest BCUT2D eigenvalue weighted by Gasteiger charge is -2.14. The molecule has 1 aromatic heterocycles. The summed E-state index contributed by atoms with van der Waals surface area (Å²) < 4.78 is 35.9. The zero-order valence-corrected chi connectivity index (χ0v) is 22.1. The predicted molar refractivity (Wildman–Crippen MR) is 138 cm³/mol. The molecule has 1 saturated heterocycles. The summed E-state index contributed by atoms with van der Waals surface area (Å²) in [5, 5.41) is -0.464. The van der Waals surface area contributed by atoms with Crippen molar-refractivity contribution in [3.05, 3.63) is 85.5 Å². The van der Waals surface area contributed by atoms with Crippen LogP contribution in [-0.4, -0.2) is 36.2 Å². The monoisotopic (exact) mass is 623 g/mol. The molecular weight excluding hydrogens is 604 g/mol. The van der Waals surface area contributed by atoms with Crippen molar-refractivity contribution in [3.63, 3.8) is 0 Å². The summed E-state index contributed by atoms with van der Waals surface area (Å²) in [4.78, 5) is 38.2. The largest absolute Gasteiger partial charge is 0.493 e. The molecule has 0 radical (unpaired) electrons. The SMILES string of the molecule is COC(=O)c1ccc(CN2C(=O)S/C(=C/c3cc(I)c(OCc4ccccc4F)c(OC)c3)C2=O)o1. The number of benzene rings is 2. The van der Waals surface area contributed by atoms with Crippen molar-refractivity contribution in [2.24, 2.45) is 0 Å². The molecule has 2 heterocycles. The highest BCUT2D eigenvalue weighted by Crippen LogP contribution is 2.38. The van der Waals surface area contributed by atoms with Gasteiger partial charge in [0.05, 0.1) is 29.2 Å². The highest BCUT2D eigenvalue weighted by atomic mass is 127. The Morgan fingerprint density at radius 3 is 2.67 bits per heavy atom. The van der Waals surface area contributed by atoms with Crippen LogP contribution in [0.1, 0.15) is 27.4 Å². The second-order valence-corrected chi connectivity index (χ2v) is 9.59. The van der Waals surface area contributed by atoms with Crippen molar-refractivity contribution in [2.75, 3.05) is 14.2 Å². The Balaban J connectivity index is 1.51. The molecular formula is C25H19FINO7S. The second kappa shape index (κ2) is 11.2. The van der Waals surface area contributed by atoms with Gasteiger partial charge in [0, 0.05) is 5.56 Å². The fourth-order valence-electron chi connectivity index (χ4n) is 3.35. The van der Waals surface area contributed by atoms with E-state index < -0.39 is 17.1 Å². The number of ether oxygens (including phenoxy) is 3. The van der Waals surface area contributed by atoms with Gasteiger partial charge in [-0.3, -0.25) is 14.5 Å². The van der Waals surface area contributed by atoms with Crippen LogP contribution in [0.2, 0.25) is 0 Å². The van der Waals surface area contributed by atoms with Gasteiger partial charge in [-0.15, -0.1) is 0 Å². The number of halogens is 2. The molecule has 1 aliphatic heterocycles. The van der Waals surface area contributed by atoms with Crippen LogP contribution in [0.25, 0.3) is 6.08 Å². The lowest BCUT2D eigenvalue weighted by Crippen LogP contribution is -2.27. The minimum absolute atomic E-state index is 0.0156. The Morgan fingerprint density at radius 1 is 1.17 bits per heavy atom. The molecule has 0 spiro atoms. The summed E-state index contributed by atoms with van der Waals surface area (Å²) >= 11 is 2.86. The Morgan fingerprint density at radius 2 is 1.94 bits per heavy atom. The standard InChI is InChI=1S/C25H19FINO7S/c1-32-20-10-14(9-18(27)22(20)34-13-15-5-3-4-6-17(15)26)11-21-23(29)28(25(31)36-21)12-16-7-8-19(35-16)24(30)33-2/h3-11H,12-13H2,1-2H3/b21-11+. The number of thioether (sulfide) groups is 1. The number of carbonyl (C=O) groups is 3. The van der Waals surface area contributed by atoms with E-state index in [0.29, 0.717) is 26.2 Å². The van der Waals surface area contributed by atoms with Crippen LogP contribution in [0, 0.1) is 9.39 Å². The van der Waals surface area contributed by atoms with Crippen LogP contribution in [0.4, 0.5) is 9.18 Å². The average Bonchev–Trinajstić information content (AvgIpc) is 3.44. The zero-order valence-electron chi connectivity index (χ0n) is 19.1. The first-order chi connectivity index (χ1) is 17.3. The van der Waals surface area contributed by atoms with E-state index in [2.05, 4.69) is 27.3 Å². The van der Waals surface area contributed by atoms with E-state index in [-0.39, 0.29) is 35.4 Å². The number of esters is 1. The number of amides is 2. The number of methoxy groups -OCH3 is 2. The van der Waals surface area contributed by atoms with Gasteiger partial charge in [0.2, 0.25) is 5.76 Å². The van der Waals surface area contributed by atoms with E-state index in [1.807, 2.05) is 0 Å². The number of hydrogen-bond donors (Lipinski definition) is 0. The molecule has 1 aliphatic rings. The number of nitrogens with zero attached hydrogens (tertiary/aromatic N) is 1. The van der Waals surface area contributed by atoms with Gasteiger partial charge in [-0.25, -0.2) is 9.18 Å². The van der Waals surface area contributed by atoms with Gasteiger partial charge in [0.25, 0.3) is 11.1 Å². The first-order valence-electron chi connectivity index (χ1n) is 10.5. The molecule has 2 amide bonds. The van der Waals surface area contributed by atoms with Gasteiger partial charge >= 0.3 is 5.97 Å². The number of furan rings is 1. The summed E-state index contributed by atoms with van der Waals surface area (Å²) in [6.45, 7) is -0.107. The third-order valence-electron chi connectivity index (χ3n) is 5.12. The van der Waals surface area contributed by atoms with Crippen molar-refractivity contribution < 1.29 is 37.4 Å². The van der Waals surface area contributed by atoms with Gasteiger partial charge in [0.1, 0.15) is 18.2 Å². The van der Waals surface area contributed by atoms with Gasteiger partial charge < -0.3 is 18.6 Å². The third-order valence-corrected chi connectivity index (χ3v) is 6.82. The first kappa shape index (κ1) is 25.8. The maximum Gasteiger partial charge on any atom is 0.373 e. The van der Waals surface area contributed by atoms with Crippen molar-refractivity contribution in [1.29, 1.82) is 0 Å². The van der Waals surface area contributed by atoms with E-state index in [9.17, 15) is 18.8 Å².